The molecule has 66 valence electrons. The van der Waals surface area contributed by atoms with Crippen LogP contribution in [0, 0.1) is 0 Å². The number of hydrogen-bond donors (Lipinski definition) is 3. The van der Waals surface area contributed by atoms with Crippen molar-refractivity contribution in [2.75, 3.05) is 0 Å². The molecule has 0 radical (unpaired) electrons. The first-order chi connectivity index (χ1) is 5.59. The molecular formula is C7H8O4S. The van der Waals surface area contributed by atoms with Crippen LogP contribution in [0.15, 0.2) is 18.2 Å². The van der Waals surface area contributed by atoms with Gasteiger partial charge < -0.3 is 14.8 Å². The maximum Gasteiger partial charge on any atom is 0.157 e. The molecule has 0 saturated heterocycles. The minimum Gasteiger partial charge on any atom is -0.508 e. The van der Waals surface area contributed by atoms with Crippen LogP contribution >= 0.6 is 0 Å². The van der Waals surface area contributed by atoms with Gasteiger partial charge in [-0.25, -0.2) is 4.21 Å². The molecule has 0 heterocycles. The van der Waals surface area contributed by atoms with Gasteiger partial charge in [0.25, 0.3) is 0 Å². The molecule has 1 aromatic rings. The summed E-state index contributed by atoms with van der Waals surface area (Å²) >= 11 is -1.98. The fraction of sp³-hybridized carbons (Fsp3) is 0.143. The average molecular weight is 188 g/mol. The van der Waals surface area contributed by atoms with Crippen LogP contribution in [-0.4, -0.2) is 19.0 Å². The third kappa shape index (κ3) is 2.21. The first-order valence-corrected chi connectivity index (χ1v) is 4.45. The molecule has 5 heteroatoms. The fourth-order valence-corrected chi connectivity index (χ4v) is 1.32. The number of benzene rings is 1. The molecule has 0 bridgehead atoms. The smallest absolute Gasteiger partial charge is 0.157 e. The number of rotatable bonds is 2. The zero-order valence-corrected chi connectivity index (χ0v) is 6.91. The summed E-state index contributed by atoms with van der Waals surface area (Å²) in [4.78, 5) is 0. The van der Waals surface area contributed by atoms with E-state index in [2.05, 4.69) is 0 Å². The zero-order valence-electron chi connectivity index (χ0n) is 6.10. The van der Waals surface area contributed by atoms with E-state index in [1.165, 1.54) is 12.1 Å². The molecule has 0 aliphatic heterocycles. The van der Waals surface area contributed by atoms with Gasteiger partial charge in [-0.2, -0.15) is 0 Å². The second-order valence-electron chi connectivity index (χ2n) is 2.28. The Morgan fingerprint density at radius 2 is 2.00 bits per heavy atom. The van der Waals surface area contributed by atoms with Crippen LogP contribution in [0.5, 0.6) is 11.5 Å². The highest BCUT2D eigenvalue weighted by molar-refractivity contribution is 7.78. The first-order valence-electron chi connectivity index (χ1n) is 3.18. The summed E-state index contributed by atoms with van der Waals surface area (Å²) in [5.74, 6) is -0.371. The third-order valence-electron chi connectivity index (χ3n) is 1.35. The fourth-order valence-electron chi connectivity index (χ4n) is 0.807. The Morgan fingerprint density at radius 3 is 2.50 bits per heavy atom. The van der Waals surface area contributed by atoms with Crippen LogP contribution in [0.25, 0.3) is 0 Å². The van der Waals surface area contributed by atoms with Crippen molar-refractivity contribution in [3.8, 4) is 11.5 Å². The normalized spacial score (nSPS) is 12.8. The van der Waals surface area contributed by atoms with Crippen molar-refractivity contribution in [3.63, 3.8) is 0 Å². The van der Waals surface area contributed by atoms with Gasteiger partial charge in [0.05, 0.1) is 5.75 Å². The van der Waals surface area contributed by atoms with Crippen molar-refractivity contribution in [3.05, 3.63) is 23.8 Å². The van der Waals surface area contributed by atoms with Crippen LogP contribution in [0.2, 0.25) is 0 Å². The van der Waals surface area contributed by atoms with Gasteiger partial charge in [0.2, 0.25) is 0 Å². The molecular weight excluding hydrogens is 180 g/mol. The van der Waals surface area contributed by atoms with Crippen molar-refractivity contribution in [2.24, 2.45) is 0 Å². The molecule has 0 spiro atoms. The van der Waals surface area contributed by atoms with Gasteiger partial charge in [-0.3, -0.25) is 0 Å². The van der Waals surface area contributed by atoms with Gasteiger partial charge in [-0.05, 0) is 6.07 Å². The van der Waals surface area contributed by atoms with Gasteiger partial charge >= 0.3 is 0 Å². The van der Waals surface area contributed by atoms with Gasteiger partial charge in [0, 0.05) is 11.6 Å². The number of phenols is 2. The second-order valence-corrected chi connectivity index (χ2v) is 3.21. The minimum absolute atomic E-state index is 0.0695. The summed E-state index contributed by atoms with van der Waals surface area (Å²) in [6.45, 7) is 0. The van der Waals surface area contributed by atoms with E-state index in [0.29, 0.717) is 5.56 Å². The lowest BCUT2D eigenvalue weighted by atomic mass is 10.2. The SMILES string of the molecule is O=S(O)Cc1ccc(O)cc1O. The summed E-state index contributed by atoms with van der Waals surface area (Å²) < 4.78 is 18.8. The molecule has 1 aromatic carbocycles. The van der Waals surface area contributed by atoms with Crippen LogP contribution in [0.1, 0.15) is 5.56 Å². The highest BCUT2D eigenvalue weighted by Crippen LogP contribution is 2.23. The lowest BCUT2D eigenvalue weighted by Gasteiger charge is -2.01. The van der Waals surface area contributed by atoms with Crippen molar-refractivity contribution in [1.29, 1.82) is 0 Å². The summed E-state index contributed by atoms with van der Waals surface area (Å²) in [5, 5.41) is 18.0. The molecule has 0 aliphatic carbocycles. The van der Waals surface area contributed by atoms with E-state index in [4.69, 9.17) is 14.8 Å². The van der Waals surface area contributed by atoms with E-state index in [-0.39, 0.29) is 17.3 Å². The highest BCUT2D eigenvalue weighted by Gasteiger charge is 2.04. The monoisotopic (exact) mass is 188 g/mol. The summed E-state index contributed by atoms with van der Waals surface area (Å²) in [6, 6.07) is 3.88. The Morgan fingerprint density at radius 1 is 1.33 bits per heavy atom. The van der Waals surface area contributed by atoms with Crippen molar-refractivity contribution >= 4 is 11.1 Å². The van der Waals surface area contributed by atoms with E-state index in [9.17, 15) is 4.21 Å². The summed E-state index contributed by atoms with van der Waals surface area (Å²) in [5.41, 5.74) is 0.341. The summed E-state index contributed by atoms with van der Waals surface area (Å²) in [6.07, 6.45) is 0. The predicted molar refractivity (Wildman–Crippen MR) is 44.2 cm³/mol. The Hall–Kier alpha value is -1.07. The van der Waals surface area contributed by atoms with E-state index >= 15 is 0 Å². The van der Waals surface area contributed by atoms with Crippen LogP contribution in [-0.2, 0) is 16.8 Å². The van der Waals surface area contributed by atoms with Crippen LogP contribution < -0.4 is 0 Å². The minimum atomic E-state index is -1.98. The zero-order chi connectivity index (χ0) is 9.14. The Labute approximate surface area is 71.8 Å². The number of hydrogen-bond acceptors (Lipinski definition) is 3. The first kappa shape index (κ1) is 9.02. The topological polar surface area (TPSA) is 77.8 Å². The molecule has 0 fully saturated rings. The summed E-state index contributed by atoms with van der Waals surface area (Å²) in [7, 11) is 0. The highest BCUT2D eigenvalue weighted by atomic mass is 32.2. The molecule has 1 unspecified atom stereocenters. The molecule has 3 N–H and O–H groups in total. The van der Waals surface area contributed by atoms with Gasteiger partial charge in [0.1, 0.15) is 11.5 Å². The van der Waals surface area contributed by atoms with E-state index in [1.807, 2.05) is 0 Å². The Balaban J connectivity index is 2.93. The predicted octanol–water partition coefficient (Wildman–Crippen LogP) is 0.819. The number of aromatic hydroxyl groups is 2. The second kappa shape index (κ2) is 3.55. The van der Waals surface area contributed by atoms with Crippen LogP contribution in [0.3, 0.4) is 0 Å². The molecule has 0 amide bonds. The van der Waals surface area contributed by atoms with Crippen molar-refractivity contribution < 1.29 is 19.0 Å². The van der Waals surface area contributed by atoms with Crippen molar-refractivity contribution in [1.82, 2.24) is 0 Å². The lowest BCUT2D eigenvalue weighted by Crippen LogP contribution is -1.92. The van der Waals surface area contributed by atoms with E-state index in [1.54, 1.807) is 0 Å². The largest absolute Gasteiger partial charge is 0.508 e. The van der Waals surface area contributed by atoms with Crippen molar-refractivity contribution in [2.45, 2.75) is 5.75 Å². The van der Waals surface area contributed by atoms with Gasteiger partial charge in [-0.15, -0.1) is 0 Å². The molecule has 12 heavy (non-hydrogen) atoms. The molecule has 4 nitrogen and oxygen atoms in total. The average Bonchev–Trinajstić information content (AvgIpc) is 1.94. The van der Waals surface area contributed by atoms with E-state index in [0.717, 1.165) is 6.07 Å². The maximum absolute atomic E-state index is 10.3. The quantitative estimate of drug-likeness (QED) is 0.600. The van der Waals surface area contributed by atoms with Crippen LogP contribution in [0.4, 0.5) is 0 Å². The lowest BCUT2D eigenvalue weighted by molar-refractivity contribution is 0.446. The maximum atomic E-state index is 10.3. The molecule has 1 atom stereocenters. The molecule has 0 saturated carbocycles. The number of phenolic OH excluding ortho intramolecular Hbond substituents is 2. The van der Waals surface area contributed by atoms with Gasteiger partial charge in [-0.1, -0.05) is 6.07 Å². The Bertz CT molecular complexity index is 310. The Kier molecular flexibility index (Phi) is 2.67. The standard InChI is InChI=1S/C7H8O4S/c8-6-2-1-5(4-12(10)11)7(9)3-6/h1-3,8-9H,4H2,(H,10,11). The molecule has 1 rings (SSSR count). The molecule has 0 aliphatic rings. The molecule has 0 aromatic heterocycles. The third-order valence-corrected chi connectivity index (χ3v) is 1.91. The van der Waals surface area contributed by atoms with E-state index < -0.39 is 11.1 Å². The van der Waals surface area contributed by atoms with Gasteiger partial charge in [0.15, 0.2) is 11.1 Å².